The summed E-state index contributed by atoms with van der Waals surface area (Å²) in [7, 11) is 2.03. The Morgan fingerprint density at radius 1 is 1.09 bits per heavy atom. The highest BCUT2D eigenvalue weighted by Crippen LogP contribution is 2.40. The molecule has 5 heteroatoms. The zero-order valence-corrected chi connectivity index (χ0v) is 21.7. The van der Waals surface area contributed by atoms with Crippen molar-refractivity contribution in [3.05, 3.63) is 65.4 Å². The Morgan fingerprint density at radius 3 is 2.30 bits per heavy atom. The van der Waals surface area contributed by atoms with E-state index < -0.39 is 0 Å². The zero-order valence-electron chi connectivity index (χ0n) is 21.7. The summed E-state index contributed by atoms with van der Waals surface area (Å²) in [5.74, 6) is 0.0960. The molecule has 0 spiro atoms. The Balaban J connectivity index is 0.000000914. The van der Waals surface area contributed by atoms with Crippen LogP contribution in [0.1, 0.15) is 77.6 Å². The molecule has 2 N–H and O–H groups in total. The second-order valence-corrected chi connectivity index (χ2v) is 8.15. The summed E-state index contributed by atoms with van der Waals surface area (Å²) >= 11 is 0. The lowest BCUT2D eigenvalue weighted by Crippen LogP contribution is -2.43. The fourth-order valence-corrected chi connectivity index (χ4v) is 4.43. The maximum absolute atomic E-state index is 12.4. The van der Waals surface area contributed by atoms with Crippen molar-refractivity contribution < 1.29 is 4.79 Å². The van der Waals surface area contributed by atoms with Crippen molar-refractivity contribution in [3.8, 4) is 0 Å². The van der Waals surface area contributed by atoms with Crippen molar-refractivity contribution in [1.82, 2.24) is 10.4 Å². The largest absolute Gasteiger partial charge is 0.378 e. The van der Waals surface area contributed by atoms with E-state index in [0.29, 0.717) is 0 Å². The minimum absolute atomic E-state index is 0.0960. The van der Waals surface area contributed by atoms with E-state index in [0.717, 1.165) is 30.8 Å². The Hall–Kier alpha value is -2.79. The van der Waals surface area contributed by atoms with Gasteiger partial charge in [0, 0.05) is 44.1 Å². The van der Waals surface area contributed by atoms with Gasteiger partial charge in [-0.15, -0.1) is 0 Å². The smallest absolute Gasteiger partial charge is 0.224 e. The van der Waals surface area contributed by atoms with Crippen molar-refractivity contribution in [3.63, 3.8) is 0 Å². The molecular weight excluding hydrogens is 408 g/mol. The SMILES string of the molecule is CC.CC.CCc1ccc(NC2CC(C)N(C(C)=O)c3ccc(C4=CNN(C)C4)cc32)cc1. The molecule has 2 unspecified atom stereocenters. The number of benzene rings is 2. The third-order valence-electron chi connectivity index (χ3n) is 5.96. The third kappa shape index (κ3) is 6.17. The van der Waals surface area contributed by atoms with Gasteiger partial charge in [0.2, 0.25) is 5.91 Å². The number of hydrazine groups is 1. The molecule has 180 valence electrons. The normalized spacial score (nSPS) is 19.2. The van der Waals surface area contributed by atoms with Gasteiger partial charge in [0.1, 0.15) is 0 Å². The second-order valence-electron chi connectivity index (χ2n) is 8.15. The molecule has 2 aromatic carbocycles. The number of amides is 1. The summed E-state index contributed by atoms with van der Waals surface area (Å²) in [6, 6.07) is 15.5. The molecule has 2 heterocycles. The number of rotatable bonds is 4. The summed E-state index contributed by atoms with van der Waals surface area (Å²) in [6.07, 6.45) is 3.97. The lowest BCUT2D eigenvalue weighted by Gasteiger charge is -2.40. The highest BCUT2D eigenvalue weighted by Gasteiger charge is 2.33. The molecule has 0 saturated heterocycles. The number of hydrogen-bond acceptors (Lipinski definition) is 4. The number of nitrogens with one attached hydrogen (secondary N) is 2. The number of fused-ring (bicyclic) bond motifs is 1. The molecule has 0 aromatic heterocycles. The third-order valence-corrected chi connectivity index (χ3v) is 5.96. The molecule has 2 aliphatic heterocycles. The Bertz CT molecular complexity index is 935. The Kier molecular flexibility index (Phi) is 9.98. The maximum Gasteiger partial charge on any atom is 0.224 e. The van der Waals surface area contributed by atoms with Crippen LogP contribution in [0.3, 0.4) is 0 Å². The van der Waals surface area contributed by atoms with Crippen molar-refractivity contribution in [2.75, 3.05) is 23.8 Å². The molecule has 4 rings (SSSR count). The molecule has 1 amide bonds. The van der Waals surface area contributed by atoms with Crippen LogP contribution in [0.5, 0.6) is 0 Å². The van der Waals surface area contributed by atoms with Crippen LogP contribution in [0.2, 0.25) is 0 Å². The van der Waals surface area contributed by atoms with Gasteiger partial charge in [0.05, 0.1) is 6.04 Å². The lowest BCUT2D eigenvalue weighted by molar-refractivity contribution is -0.117. The van der Waals surface area contributed by atoms with Gasteiger partial charge in [-0.1, -0.05) is 52.8 Å². The van der Waals surface area contributed by atoms with E-state index in [4.69, 9.17) is 0 Å². The molecule has 0 aliphatic carbocycles. The first-order chi connectivity index (χ1) is 16.0. The van der Waals surface area contributed by atoms with Crippen LogP contribution in [-0.2, 0) is 11.2 Å². The van der Waals surface area contributed by atoms with E-state index in [1.54, 1.807) is 6.92 Å². The number of anilines is 2. The van der Waals surface area contributed by atoms with E-state index in [1.165, 1.54) is 22.3 Å². The molecule has 2 aromatic rings. The van der Waals surface area contributed by atoms with Crippen molar-refractivity contribution in [2.45, 2.75) is 73.4 Å². The van der Waals surface area contributed by atoms with E-state index in [-0.39, 0.29) is 18.0 Å². The highest BCUT2D eigenvalue weighted by molar-refractivity contribution is 5.94. The average molecular weight is 451 g/mol. The van der Waals surface area contributed by atoms with Gasteiger partial charge in [-0.2, -0.15) is 0 Å². The highest BCUT2D eigenvalue weighted by atomic mass is 16.2. The predicted octanol–water partition coefficient (Wildman–Crippen LogP) is 6.39. The summed E-state index contributed by atoms with van der Waals surface area (Å²) in [4.78, 5) is 14.3. The Morgan fingerprint density at radius 2 is 1.76 bits per heavy atom. The number of aryl methyl sites for hydroxylation is 1. The van der Waals surface area contributed by atoms with Crippen LogP contribution >= 0.6 is 0 Å². The maximum atomic E-state index is 12.4. The van der Waals surface area contributed by atoms with Crippen molar-refractivity contribution >= 4 is 22.9 Å². The van der Waals surface area contributed by atoms with Gasteiger partial charge in [0.15, 0.2) is 0 Å². The summed E-state index contributed by atoms with van der Waals surface area (Å²) in [6.45, 7) is 14.8. The summed E-state index contributed by atoms with van der Waals surface area (Å²) in [5.41, 5.74) is 10.4. The van der Waals surface area contributed by atoms with E-state index in [2.05, 4.69) is 78.3 Å². The fraction of sp³-hybridized carbons (Fsp3) is 0.464. The number of hydrogen-bond donors (Lipinski definition) is 2. The molecule has 2 atom stereocenters. The monoisotopic (exact) mass is 450 g/mol. The number of likely N-dealkylation sites (N-methyl/N-ethyl adjacent to an activating group) is 1. The van der Waals surface area contributed by atoms with Gasteiger partial charge in [-0.05, 0) is 66.3 Å². The first-order valence-electron chi connectivity index (χ1n) is 12.4. The lowest BCUT2D eigenvalue weighted by atomic mass is 9.89. The summed E-state index contributed by atoms with van der Waals surface area (Å²) in [5, 5.41) is 5.78. The number of nitrogens with zero attached hydrogens (tertiary/aromatic N) is 2. The van der Waals surface area contributed by atoms with Gasteiger partial charge in [-0.25, -0.2) is 5.01 Å². The molecule has 2 aliphatic rings. The topological polar surface area (TPSA) is 47.6 Å². The van der Waals surface area contributed by atoms with Gasteiger partial charge in [-0.3, -0.25) is 4.79 Å². The first-order valence-corrected chi connectivity index (χ1v) is 12.4. The van der Waals surface area contributed by atoms with Crippen LogP contribution in [0.4, 0.5) is 11.4 Å². The van der Waals surface area contributed by atoms with Crippen LogP contribution in [0, 0.1) is 0 Å². The molecule has 33 heavy (non-hydrogen) atoms. The van der Waals surface area contributed by atoms with Gasteiger partial charge in [0.25, 0.3) is 0 Å². The van der Waals surface area contributed by atoms with Crippen LogP contribution in [0.25, 0.3) is 5.57 Å². The van der Waals surface area contributed by atoms with E-state index >= 15 is 0 Å². The van der Waals surface area contributed by atoms with Crippen molar-refractivity contribution in [1.29, 1.82) is 0 Å². The number of carbonyl (C=O) groups is 1. The standard InChI is InChI=1S/C24H30N4O.2C2H6/c1-5-18-6-9-21(10-7-18)26-23-12-16(2)28(17(3)29)24-11-8-19(13-22(23)24)20-14-25-27(4)15-20;2*1-2/h6-11,13-14,16,23,25-26H,5,12,15H2,1-4H3;2*1-2H3. The summed E-state index contributed by atoms with van der Waals surface area (Å²) < 4.78 is 0. The van der Waals surface area contributed by atoms with E-state index in [9.17, 15) is 4.79 Å². The second kappa shape index (κ2) is 12.4. The number of carbonyl (C=O) groups excluding carboxylic acids is 1. The Labute approximate surface area is 200 Å². The minimum atomic E-state index is 0.0960. The quantitative estimate of drug-likeness (QED) is 0.566. The molecule has 0 bridgehead atoms. The molecule has 0 saturated carbocycles. The van der Waals surface area contributed by atoms with E-state index in [1.807, 2.05) is 39.6 Å². The van der Waals surface area contributed by atoms with Crippen LogP contribution < -0.4 is 15.6 Å². The minimum Gasteiger partial charge on any atom is -0.378 e. The predicted molar refractivity (Wildman–Crippen MR) is 142 cm³/mol. The average Bonchev–Trinajstić information content (AvgIpc) is 3.28. The molecule has 0 radical (unpaired) electrons. The fourth-order valence-electron chi connectivity index (χ4n) is 4.43. The molecule has 5 nitrogen and oxygen atoms in total. The molecule has 0 fully saturated rings. The van der Waals surface area contributed by atoms with Gasteiger partial charge >= 0.3 is 0 Å². The first kappa shape index (κ1) is 26.5. The molecular formula is C28H42N4O. The van der Waals surface area contributed by atoms with Crippen LogP contribution in [-0.4, -0.2) is 30.6 Å². The van der Waals surface area contributed by atoms with Crippen LogP contribution in [0.15, 0.2) is 48.7 Å². The zero-order chi connectivity index (χ0) is 24.5. The van der Waals surface area contributed by atoms with Crippen molar-refractivity contribution in [2.24, 2.45) is 0 Å². The van der Waals surface area contributed by atoms with Gasteiger partial charge < -0.3 is 15.6 Å².